The molecule has 1 saturated heterocycles. The summed E-state index contributed by atoms with van der Waals surface area (Å²) in [7, 11) is 3.35. The molecular formula is C31H32ClFN6O4. The number of ether oxygens (including phenoxy) is 2. The zero-order valence-electron chi connectivity index (χ0n) is 24.1. The van der Waals surface area contributed by atoms with Gasteiger partial charge in [0.2, 0.25) is 5.91 Å². The second-order valence-electron chi connectivity index (χ2n) is 10.7. The van der Waals surface area contributed by atoms with Crippen LogP contribution in [0.25, 0.3) is 10.8 Å². The number of carbonyl (C=O) groups excluding carboxylic acids is 2. The summed E-state index contributed by atoms with van der Waals surface area (Å²) in [6.45, 7) is 4.20. The molecule has 2 aliphatic heterocycles. The molecule has 1 unspecified atom stereocenters. The van der Waals surface area contributed by atoms with Crippen molar-refractivity contribution in [1.29, 1.82) is 5.26 Å². The SMILES string of the molecule is C=C(F)C(=O)N1CCN(c2nc(OCCC(=O)N(C)C)nc3c2COC(c2cccc4cccc(Cl)c24)C3)C[C@@H]1CC#N. The Kier molecular flexibility index (Phi) is 9.08. The molecule has 2 atom stereocenters. The average Bonchev–Trinajstić information content (AvgIpc) is 3.00. The first-order chi connectivity index (χ1) is 20.7. The van der Waals surface area contributed by atoms with Crippen LogP contribution >= 0.6 is 11.6 Å². The number of hydrogen-bond donors (Lipinski definition) is 0. The molecule has 0 aliphatic carbocycles. The summed E-state index contributed by atoms with van der Waals surface area (Å²) >= 11 is 6.61. The largest absolute Gasteiger partial charge is 0.463 e. The summed E-state index contributed by atoms with van der Waals surface area (Å²) < 4.78 is 26.0. The molecule has 43 heavy (non-hydrogen) atoms. The molecule has 2 aliphatic rings. The molecule has 0 saturated carbocycles. The normalized spacial score (nSPS) is 18.1. The van der Waals surface area contributed by atoms with Gasteiger partial charge >= 0.3 is 6.01 Å². The predicted octanol–water partition coefficient (Wildman–Crippen LogP) is 4.37. The Hall–Kier alpha value is -4.27. The smallest absolute Gasteiger partial charge is 0.318 e. The van der Waals surface area contributed by atoms with Gasteiger partial charge in [-0.1, -0.05) is 48.5 Å². The lowest BCUT2D eigenvalue weighted by molar-refractivity contribution is -0.131. The van der Waals surface area contributed by atoms with Gasteiger partial charge in [-0.15, -0.1) is 0 Å². The number of amides is 2. The molecule has 3 heterocycles. The van der Waals surface area contributed by atoms with E-state index in [0.717, 1.165) is 27.6 Å². The second kappa shape index (κ2) is 12.9. The number of nitrogens with zero attached hydrogens (tertiary/aromatic N) is 6. The van der Waals surface area contributed by atoms with E-state index in [2.05, 4.69) is 12.6 Å². The quantitative estimate of drug-likeness (QED) is 0.348. The number of carbonyl (C=O) groups is 2. The van der Waals surface area contributed by atoms with Gasteiger partial charge in [-0.3, -0.25) is 9.59 Å². The predicted molar refractivity (Wildman–Crippen MR) is 159 cm³/mol. The Labute approximate surface area is 254 Å². The summed E-state index contributed by atoms with van der Waals surface area (Å²) in [6.07, 6.45) is 0.253. The molecule has 2 amide bonds. The van der Waals surface area contributed by atoms with E-state index in [1.54, 1.807) is 14.1 Å². The zero-order chi connectivity index (χ0) is 30.7. The van der Waals surface area contributed by atoms with E-state index in [1.807, 2.05) is 41.3 Å². The van der Waals surface area contributed by atoms with Gasteiger partial charge in [0.1, 0.15) is 12.4 Å². The highest BCUT2D eigenvalue weighted by Gasteiger charge is 2.35. The molecule has 3 aromatic rings. The molecule has 0 N–H and O–H groups in total. The molecule has 0 spiro atoms. The van der Waals surface area contributed by atoms with Crippen LogP contribution in [-0.4, -0.2) is 78.0 Å². The van der Waals surface area contributed by atoms with Crippen molar-refractivity contribution in [2.24, 2.45) is 0 Å². The van der Waals surface area contributed by atoms with Gasteiger partial charge in [0, 0.05) is 56.1 Å². The first-order valence-electron chi connectivity index (χ1n) is 14.0. The third-order valence-electron chi connectivity index (χ3n) is 7.74. The molecular weight excluding hydrogens is 575 g/mol. The third-order valence-corrected chi connectivity index (χ3v) is 8.05. The Morgan fingerprint density at radius 1 is 1.23 bits per heavy atom. The van der Waals surface area contributed by atoms with Crippen LogP contribution in [0.5, 0.6) is 6.01 Å². The van der Waals surface area contributed by atoms with Crippen molar-refractivity contribution in [2.75, 3.05) is 45.2 Å². The number of benzene rings is 2. The maximum Gasteiger partial charge on any atom is 0.318 e. The molecule has 224 valence electrons. The van der Waals surface area contributed by atoms with Crippen LogP contribution in [0.2, 0.25) is 5.02 Å². The van der Waals surface area contributed by atoms with E-state index in [1.165, 1.54) is 9.80 Å². The minimum atomic E-state index is -1.06. The standard InChI is InChI=1S/C31H32ClFN6O4/c1-19(33)30(41)39-14-13-38(17-21(39)10-12-34)29-23-18-43-26(22-8-4-6-20-7-5-9-24(32)28(20)22)16-25(23)35-31(36-29)42-15-11-27(40)37(2)3/h4-9,21,26H,1,10-11,13-18H2,2-3H3/t21-,26?/m0/s1. The molecule has 12 heteroatoms. The molecule has 10 nitrogen and oxygen atoms in total. The van der Waals surface area contributed by atoms with Gasteiger partial charge in [0.05, 0.1) is 43.4 Å². The fourth-order valence-electron chi connectivity index (χ4n) is 5.55. The number of aromatic nitrogens is 2. The Balaban J connectivity index is 1.48. The number of anilines is 1. The minimum absolute atomic E-state index is 0.0131. The van der Waals surface area contributed by atoms with Crippen LogP contribution in [0.1, 0.15) is 35.8 Å². The monoisotopic (exact) mass is 606 g/mol. The van der Waals surface area contributed by atoms with Gasteiger partial charge in [-0.25, -0.2) is 4.39 Å². The van der Waals surface area contributed by atoms with E-state index in [9.17, 15) is 19.2 Å². The lowest BCUT2D eigenvalue weighted by Crippen LogP contribution is -2.55. The number of hydrogen-bond acceptors (Lipinski definition) is 8. The van der Waals surface area contributed by atoms with E-state index >= 15 is 0 Å². The molecule has 0 radical (unpaired) electrons. The van der Waals surface area contributed by atoms with Gasteiger partial charge in [0.25, 0.3) is 5.91 Å². The van der Waals surface area contributed by atoms with Crippen LogP contribution in [0, 0.1) is 11.3 Å². The van der Waals surface area contributed by atoms with Crippen LogP contribution in [0.4, 0.5) is 10.2 Å². The highest BCUT2D eigenvalue weighted by Crippen LogP contribution is 2.39. The lowest BCUT2D eigenvalue weighted by atomic mass is 9.94. The third kappa shape index (κ3) is 6.40. The minimum Gasteiger partial charge on any atom is -0.463 e. The Morgan fingerprint density at radius 2 is 2.00 bits per heavy atom. The maximum atomic E-state index is 13.7. The van der Waals surface area contributed by atoms with Crippen LogP contribution < -0.4 is 9.64 Å². The van der Waals surface area contributed by atoms with Crippen molar-refractivity contribution in [1.82, 2.24) is 19.8 Å². The van der Waals surface area contributed by atoms with E-state index in [4.69, 9.17) is 31.0 Å². The Morgan fingerprint density at radius 3 is 2.72 bits per heavy atom. The summed E-state index contributed by atoms with van der Waals surface area (Å²) in [5, 5.41) is 12.0. The summed E-state index contributed by atoms with van der Waals surface area (Å²) in [5.74, 6) is -1.41. The molecule has 1 aromatic heterocycles. The highest BCUT2D eigenvalue weighted by molar-refractivity contribution is 6.35. The number of nitriles is 1. The maximum absolute atomic E-state index is 13.7. The number of halogens is 2. The topological polar surface area (TPSA) is 112 Å². The van der Waals surface area contributed by atoms with Crippen molar-refractivity contribution >= 4 is 40.0 Å². The van der Waals surface area contributed by atoms with Gasteiger partial charge < -0.3 is 24.2 Å². The van der Waals surface area contributed by atoms with E-state index in [-0.39, 0.29) is 57.2 Å². The summed E-state index contributed by atoms with van der Waals surface area (Å²) in [5.41, 5.74) is 2.44. The fourth-order valence-corrected chi connectivity index (χ4v) is 5.84. The first-order valence-corrected chi connectivity index (χ1v) is 14.3. The summed E-state index contributed by atoms with van der Waals surface area (Å²) in [6, 6.07) is 13.4. The van der Waals surface area contributed by atoms with Crippen molar-refractivity contribution in [2.45, 2.75) is 38.0 Å². The lowest BCUT2D eigenvalue weighted by Gasteiger charge is -2.42. The number of piperazine rings is 1. The number of fused-ring (bicyclic) bond motifs is 2. The summed E-state index contributed by atoms with van der Waals surface area (Å²) in [4.78, 5) is 38.8. The van der Waals surface area contributed by atoms with Crippen LogP contribution in [0.15, 0.2) is 48.8 Å². The molecule has 1 fully saturated rings. The second-order valence-corrected chi connectivity index (χ2v) is 11.1. The van der Waals surface area contributed by atoms with Crippen LogP contribution in [0.3, 0.4) is 0 Å². The highest BCUT2D eigenvalue weighted by atomic mass is 35.5. The van der Waals surface area contributed by atoms with Crippen molar-refractivity contribution in [3.63, 3.8) is 0 Å². The van der Waals surface area contributed by atoms with Gasteiger partial charge in [-0.2, -0.15) is 15.2 Å². The fraction of sp³-hybridized carbons (Fsp3) is 0.387. The molecule has 2 aromatic carbocycles. The number of rotatable bonds is 8. The average molecular weight is 607 g/mol. The van der Waals surface area contributed by atoms with E-state index in [0.29, 0.717) is 23.8 Å². The Bertz CT molecular complexity index is 1600. The van der Waals surface area contributed by atoms with Gasteiger partial charge in [-0.05, 0) is 17.0 Å². The molecule has 0 bridgehead atoms. The van der Waals surface area contributed by atoms with Crippen LogP contribution in [-0.2, 0) is 27.4 Å². The van der Waals surface area contributed by atoms with Gasteiger partial charge in [0.15, 0.2) is 5.83 Å². The van der Waals surface area contributed by atoms with Crippen molar-refractivity contribution in [3.05, 3.63) is 70.6 Å². The zero-order valence-corrected chi connectivity index (χ0v) is 24.8. The van der Waals surface area contributed by atoms with E-state index < -0.39 is 17.8 Å². The molecule has 5 rings (SSSR count). The first kappa shape index (κ1) is 30.2. The van der Waals surface area contributed by atoms with Crippen molar-refractivity contribution in [3.8, 4) is 12.1 Å². The van der Waals surface area contributed by atoms with Crippen molar-refractivity contribution < 1.29 is 23.5 Å².